The molecule has 0 aliphatic rings. The van der Waals surface area contributed by atoms with Crippen LogP contribution >= 0.6 is 11.6 Å². The van der Waals surface area contributed by atoms with Crippen molar-refractivity contribution in [2.24, 2.45) is 0 Å². The minimum Gasteiger partial charge on any atom is -0.367 e. The highest BCUT2D eigenvalue weighted by atomic mass is 35.5. The molecule has 3 nitrogen and oxygen atoms in total. The summed E-state index contributed by atoms with van der Waals surface area (Å²) < 4.78 is 0. The van der Waals surface area contributed by atoms with Crippen molar-refractivity contribution >= 4 is 17.3 Å². The van der Waals surface area contributed by atoms with E-state index in [1.54, 1.807) is 0 Å². The number of nitrogens with zero attached hydrogens (tertiary/aromatic N) is 2. The molecule has 0 aromatic heterocycles. The number of rotatable bonds is 7. The molecule has 0 fully saturated rings. The largest absolute Gasteiger partial charge is 0.367 e. The molecular weight excluding hydrogens is 258 g/mol. The van der Waals surface area contributed by atoms with Crippen molar-refractivity contribution in [2.75, 3.05) is 39.1 Å². The van der Waals surface area contributed by atoms with Crippen LogP contribution in [0.25, 0.3) is 0 Å². The lowest BCUT2D eigenvalue weighted by Crippen LogP contribution is -2.40. The normalized spacial score (nSPS) is 12.8. The van der Waals surface area contributed by atoms with Crippen LogP contribution in [0.5, 0.6) is 0 Å². The highest BCUT2D eigenvalue weighted by molar-refractivity contribution is 6.33. The monoisotopic (exact) mass is 283 g/mol. The van der Waals surface area contributed by atoms with Gasteiger partial charge in [0.25, 0.3) is 0 Å². The number of benzene rings is 1. The maximum absolute atomic E-state index is 6.44. The van der Waals surface area contributed by atoms with E-state index < -0.39 is 0 Å². The SMILES string of the molecule is CCN(c1ccc(CNC)cc1Cl)C(C)CN(C)C. The van der Waals surface area contributed by atoms with Crippen LogP contribution in [-0.4, -0.2) is 45.2 Å². The summed E-state index contributed by atoms with van der Waals surface area (Å²) in [6.07, 6.45) is 0. The van der Waals surface area contributed by atoms with E-state index in [1.807, 2.05) is 7.05 Å². The Morgan fingerprint density at radius 2 is 2.00 bits per heavy atom. The van der Waals surface area contributed by atoms with Crippen molar-refractivity contribution < 1.29 is 0 Å². The molecule has 1 aromatic carbocycles. The molecule has 1 aromatic rings. The molecule has 0 heterocycles. The van der Waals surface area contributed by atoms with E-state index in [0.29, 0.717) is 6.04 Å². The molecule has 0 saturated carbocycles. The van der Waals surface area contributed by atoms with Crippen LogP contribution in [0.2, 0.25) is 5.02 Å². The third-order valence-corrected chi connectivity index (χ3v) is 3.51. The van der Waals surface area contributed by atoms with Crippen LogP contribution in [0.4, 0.5) is 5.69 Å². The summed E-state index contributed by atoms with van der Waals surface area (Å²) in [5, 5.41) is 3.98. The molecule has 1 unspecified atom stereocenters. The third-order valence-electron chi connectivity index (χ3n) is 3.20. The number of hydrogen-bond donors (Lipinski definition) is 1. The molecule has 1 N–H and O–H groups in total. The summed E-state index contributed by atoms with van der Waals surface area (Å²) in [6.45, 7) is 7.23. The van der Waals surface area contributed by atoms with Gasteiger partial charge in [0.15, 0.2) is 0 Å². The molecule has 108 valence electrons. The van der Waals surface area contributed by atoms with Gasteiger partial charge in [-0.15, -0.1) is 0 Å². The van der Waals surface area contributed by atoms with Crippen molar-refractivity contribution in [1.29, 1.82) is 0 Å². The van der Waals surface area contributed by atoms with Crippen LogP contribution in [0, 0.1) is 0 Å². The van der Waals surface area contributed by atoms with Crippen molar-refractivity contribution in [3.05, 3.63) is 28.8 Å². The lowest BCUT2D eigenvalue weighted by molar-refractivity contribution is 0.373. The van der Waals surface area contributed by atoms with Gasteiger partial charge in [0.05, 0.1) is 10.7 Å². The van der Waals surface area contributed by atoms with Crippen LogP contribution in [0.1, 0.15) is 19.4 Å². The van der Waals surface area contributed by atoms with Crippen molar-refractivity contribution in [3.63, 3.8) is 0 Å². The van der Waals surface area contributed by atoms with Gasteiger partial charge in [-0.2, -0.15) is 0 Å². The Morgan fingerprint density at radius 3 is 2.47 bits per heavy atom. The number of halogens is 1. The molecule has 1 atom stereocenters. The minimum atomic E-state index is 0.438. The van der Waals surface area contributed by atoms with E-state index in [-0.39, 0.29) is 0 Å². The first-order valence-electron chi connectivity index (χ1n) is 6.84. The van der Waals surface area contributed by atoms with Gasteiger partial charge in [-0.05, 0) is 52.7 Å². The predicted octanol–water partition coefficient (Wildman–Crippen LogP) is 2.84. The molecule has 0 amide bonds. The Labute approximate surface area is 122 Å². The molecule has 4 heteroatoms. The Hall–Kier alpha value is -0.770. The average Bonchev–Trinajstić information content (AvgIpc) is 2.32. The summed E-state index contributed by atoms with van der Waals surface area (Å²) in [7, 11) is 6.14. The molecular formula is C15H26ClN3. The molecule has 0 aliphatic heterocycles. The number of nitrogens with one attached hydrogen (secondary N) is 1. The van der Waals surface area contributed by atoms with Crippen LogP contribution in [0.3, 0.4) is 0 Å². The fourth-order valence-corrected chi connectivity index (χ4v) is 2.76. The molecule has 1 rings (SSSR count). The van der Waals surface area contributed by atoms with Gasteiger partial charge >= 0.3 is 0 Å². The molecule has 0 spiro atoms. The van der Waals surface area contributed by atoms with Gasteiger partial charge in [0.2, 0.25) is 0 Å². The van der Waals surface area contributed by atoms with E-state index >= 15 is 0 Å². The van der Waals surface area contributed by atoms with E-state index in [0.717, 1.165) is 30.3 Å². The Bertz CT molecular complexity index is 393. The van der Waals surface area contributed by atoms with E-state index in [1.165, 1.54) is 5.56 Å². The van der Waals surface area contributed by atoms with Crippen LogP contribution in [0.15, 0.2) is 18.2 Å². The molecule has 0 bridgehead atoms. The number of hydrogen-bond acceptors (Lipinski definition) is 3. The number of anilines is 1. The Morgan fingerprint density at radius 1 is 1.32 bits per heavy atom. The molecule has 0 radical (unpaired) electrons. The van der Waals surface area contributed by atoms with Crippen molar-refractivity contribution in [3.8, 4) is 0 Å². The zero-order valence-electron chi connectivity index (χ0n) is 12.7. The first kappa shape index (κ1) is 16.3. The second kappa shape index (κ2) is 7.73. The zero-order valence-corrected chi connectivity index (χ0v) is 13.5. The summed E-state index contributed by atoms with van der Waals surface area (Å²) in [4.78, 5) is 4.56. The highest BCUT2D eigenvalue weighted by Crippen LogP contribution is 2.28. The maximum Gasteiger partial charge on any atom is 0.0642 e. The van der Waals surface area contributed by atoms with Gasteiger partial charge < -0.3 is 15.1 Å². The van der Waals surface area contributed by atoms with Crippen molar-refractivity contribution in [1.82, 2.24) is 10.2 Å². The second-order valence-electron chi connectivity index (χ2n) is 5.21. The standard InChI is InChI=1S/C15H26ClN3/c1-6-19(12(2)11-18(4)5)15-8-7-13(10-17-3)9-14(15)16/h7-9,12,17H,6,10-11H2,1-5H3. The van der Waals surface area contributed by atoms with Gasteiger partial charge in [-0.25, -0.2) is 0 Å². The lowest BCUT2D eigenvalue weighted by Gasteiger charge is -2.32. The van der Waals surface area contributed by atoms with Gasteiger partial charge in [0, 0.05) is 25.7 Å². The smallest absolute Gasteiger partial charge is 0.0642 e. The predicted molar refractivity (Wildman–Crippen MR) is 85.3 cm³/mol. The summed E-state index contributed by atoms with van der Waals surface area (Å²) >= 11 is 6.44. The molecule has 0 aliphatic carbocycles. The fourth-order valence-electron chi connectivity index (χ4n) is 2.44. The first-order valence-corrected chi connectivity index (χ1v) is 7.21. The van der Waals surface area contributed by atoms with Crippen LogP contribution in [-0.2, 0) is 6.54 Å². The highest BCUT2D eigenvalue weighted by Gasteiger charge is 2.16. The summed E-state index contributed by atoms with van der Waals surface area (Å²) in [5.41, 5.74) is 2.34. The van der Waals surface area contributed by atoms with E-state index in [2.05, 4.69) is 61.3 Å². The molecule has 19 heavy (non-hydrogen) atoms. The lowest BCUT2D eigenvalue weighted by atomic mass is 10.1. The summed E-state index contributed by atoms with van der Waals surface area (Å²) in [6, 6.07) is 6.76. The second-order valence-corrected chi connectivity index (χ2v) is 5.62. The third kappa shape index (κ3) is 4.68. The topological polar surface area (TPSA) is 18.5 Å². The van der Waals surface area contributed by atoms with E-state index in [9.17, 15) is 0 Å². The minimum absolute atomic E-state index is 0.438. The Balaban J connectivity index is 2.92. The fraction of sp³-hybridized carbons (Fsp3) is 0.600. The van der Waals surface area contributed by atoms with Gasteiger partial charge in [0.1, 0.15) is 0 Å². The van der Waals surface area contributed by atoms with Crippen molar-refractivity contribution in [2.45, 2.75) is 26.4 Å². The van der Waals surface area contributed by atoms with E-state index in [4.69, 9.17) is 11.6 Å². The van der Waals surface area contributed by atoms with Gasteiger partial charge in [-0.1, -0.05) is 17.7 Å². The quantitative estimate of drug-likeness (QED) is 0.830. The number of likely N-dealkylation sites (N-methyl/N-ethyl adjacent to an activating group) is 2. The Kier molecular flexibility index (Phi) is 6.63. The maximum atomic E-state index is 6.44. The van der Waals surface area contributed by atoms with Gasteiger partial charge in [-0.3, -0.25) is 0 Å². The van der Waals surface area contributed by atoms with Crippen LogP contribution < -0.4 is 10.2 Å². The molecule has 0 saturated heterocycles. The first-order chi connectivity index (χ1) is 8.99. The zero-order chi connectivity index (χ0) is 14.4. The summed E-state index contributed by atoms with van der Waals surface area (Å²) in [5.74, 6) is 0. The average molecular weight is 284 g/mol.